The van der Waals surface area contributed by atoms with Gasteiger partial charge in [0.25, 0.3) is 0 Å². The lowest BCUT2D eigenvalue weighted by Gasteiger charge is -2.11. The molecule has 50 heavy (non-hydrogen) atoms. The summed E-state index contributed by atoms with van der Waals surface area (Å²) < 4.78 is 5.03. The fraction of sp³-hybridized carbons (Fsp3) is 0. The average molecular weight is 657 g/mol. The van der Waals surface area contributed by atoms with Crippen LogP contribution >= 0.6 is 11.3 Å². The minimum atomic E-state index is 0.644. The van der Waals surface area contributed by atoms with E-state index in [0.717, 1.165) is 27.9 Å². The highest BCUT2D eigenvalue weighted by atomic mass is 32.1. The zero-order valence-electron chi connectivity index (χ0n) is 26.9. The van der Waals surface area contributed by atoms with E-state index in [9.17, 15) is 0 Å². The Kier molecular flexibility index (Phi) is 6.64. The molecule has 234 valence electrons. The summed E-state index contributed by atoms with van der Waals surface area (Å²) in [6.45, 7) is 0. The third-order valence-electron chi connectivity index (χ3n) is 9.45. The van der Waals surface area contributed by atoms with E-state index in [1.165, 1.54) is 47.5 Å². The van der Waals surface area contributed by atoms with Gasteiger partial charge in [-0.25, -0.2) is 15.0 Å². The molecule has 4 nitrogen and oxygen atoms in total. The molecule has 0 saturated carbocycles. The van der Waals surface area contributed by atoms with Crippen molar-refractivity contribution in [1.82, 2.24) is 19.5 Å². The number of thiophene rings is 1. The van der Waals surface area contributed by atoms with Crippen LogP contribution in [-0.4, -0.2) is 19.5 Å². The van der Waals surface area contributed by atoms with E-state index in [2.05, 4.69) is 114 Å². The van der Waals surface area contributed by atoms with Gasteiger partial charge in [-0.3, -0.25) is 0 Å². The predicted molar refractivity (Wildman–Crippen MR) is 209 cm³/mol. The van der Waals surface area contributed by atoms with Crippen molar-refractivity contribution < 1.29 is 0 Å². The number of rotatable bonds is 5. The Morgan fingerprint density at radius 3 is 1.70 bits per heavy atom. The Bertz CT molecular complexity index is 2810. The summed E-state index contributed by atoms with van der Waals surface area (Å²) in [4.78, 5) is 14.9. The van der Waals surface area contributed by atoms with Gasteiger partial charge in [-0.2, -0.15) is 0 Å². The largest absolute Gasteiger partial charge is 0.309 e. The molecular weight excluding hydrogens is 629 g/mol. The molecule has 3 aromatic heterocycles. The molecular formula is C45H28N4S. The van der Waals surface area contributed by atoms with Crippen molar-refractivity contribution in [2.24, 2.45) is 0 Å². The van der Waals surface area contributed by atoms with E-state index in [-0.39, 0.29) is 0 Å². The summed E-state index contributed by atoms with van der Waals surface area (Å²) in [7, 11) is 0. The minimum absolute atomic E-state index is 0.644. The van der Waals surface area contributed by atoms with Crippen LogP contribution in [0.4, 0.5) is 0 Å². The first-order valence-corrected chi connectivity index (χ1v) is 17.5. The van der Waals surface area contributed by atoms with E-state index in [1.54, 1.807) is 0 Å². The molecule has 10 aromatic rings. The van der Waals surface area contributed by atoms with Crippen LogP contribution in [0.1, 0.15) is 0 Å². The lowest BCUT2D eigenvalue weighted by Crippen LogP contribution is -2.00. The van der Waals surface area contributed by atoms with Gasteiger partial charge in [0.1, 0.15) is 0 Å². The molecule has 0 aliphatic heterocycles. The van der Waals surface area contributed by atoms with Crippen LogP contribution in [-0.2, 0) is 0 Å². The third kappa shape index (κ3) is 4.71. The molecule has 5 heteroatoms. The van der Waals surface area contributed by atoms with Crippen molar-refractivity contribution in [3.05, 3.63) is 170 Å². The fourth-order valence-corrected chi connectivity index (χ4v) is 8.24. The molecule has 0 aliphatic rings. The first-order chi connectivity index (χ1) is 24.8. The number of hydrogen-bond acceptors (Lipinski definition) is 4. The van der Waals surface area contributed by atoms with Crippen LogP contribution in [0.15, 0.2) is 170 Å². The van der Waals surface area contributed by atoms with Gasteiger partial charge in [0.15, 0.2) is 17.5 Å². The van der Waals surface area contributed by atoms with Gasteiger partial charge in [0, 0.05) is 53.3 Å². The Labute approximate surface area is 292 Å². The van der Waals surface area contributed by atoms with E-state index in [4.69, 9.17) is 15.0 Å². The minimum Gasteiger partial charge on any atom is -0.309 e. The zero-order chi connectivity index (χ0) is 33.0. The van der Waals surface area contributed by atoms with Gasteiger partial charge < -0.3 is 4.57 Å². The summed E-state index contributed by atoms with van der Waals surface area (Å²) in [6.07, 6.45) is 0. The maximum absolute atomic E-state index is 5.01. The molecule has 3 heterocycles. The predicted octanol–water partition coefficient (Wildman–Crippen LogP) is 12.0. The fourth-order valence-electron chi connectivity index (χ4n) is 7.15. The highest BCUT2D eigenvalue weighted by Crippen LogP contribution is 2.41. The number of hydrogen-bond donors (Lipinski definition) is 0. The second kappa shape index (κ2) is 11.6. The summed E-state index contributed by atoms with van der Waals surface area (Å²) in [5.41, 5.74) is 8.64. The van der Waals surface area contributed by atoms with Gasteiger partial charge >= 0.3 is 0 Å². The van der Waals surface area contributed by atoms with Crippen molar-refractivity contribution in [2.75, 3.05) is 0 Å². The SMILES string of the molecule is c1ccc(-c2nc(-c3ccccc3)nc(-c3cccc(-c4cccc5c4c4ccccc4n5-c4ccc5sc6ccccc6c5c4)c3)n2)cc1. The van der Waals surface area contributed by atoms with Crippen LogP contribution in [0.2, 0.25) is 0 Å². The summed E-state index contributed by atoms with van der Waals surface area (Å²) in [5.74, 6) is 1.95. The molecule has 0 aliphatic carbocycles. The summed E-state index contributed by atoms with van der Waals surface area (Å²) in [6, 6.07) is 59.8. The van der Waals surface area contributed by atoms with Gasteiger partial charge in [0.2, 0.25) is 0 Å². The van der Waals surface area contributed by atoms with Crippen LogP contribution in [0.3, 0.4) is 0 Å². The highest BCUT2D eigenvalue weighted by molar-refractivity contribution is 7.25. The normalized spacial score (nSPS) is 11.6. The monoisotopic (exact) mass is 656 g/mol. The zero-order valence-corrected chi connectivity index (χ0v) is 27.7. The molecule has 0 fully saturated rings. The Balaban J connectivity index is 1.16. The lowest BCUT2D eigenvalue weighted by molar-refractivity contribution is 1.07. The number of benzene rings is 7. The van der Waals surface area contributed by atoms with Gasteiger partial charge in [0.05, 0.1) is 11.0 Å². The van der Waals surface area contributed by atoms with Crippen molar-refractivity contribution >= 4 is 53.3 Å². The second-order valence-corrected chi connectivity index (χ2v) is 13.5. The highest BCUT2D eigenvalue weighted by Gasteiger charge is 2.18. The summed E-state index contributed by atoms with van der Waals surface area (Å²) >= 11 is 1.85. The number of nitrogens with zero attached hydrogens (tertiary/aromatic N) is 4. The molecule has 0 saturated heterocycles. The molecule has 0 unspecified atom stereocenters. The standard InChI is InChI=1S/C45H28N4S/c1-3-13-29(14-4-1)43-46-44(30-15-5-2-6-16-30)48-45(47-43)32-18-11-17-31(27-32)34-21-12-23-39-42(34)36-20-7-9-22-38(36)49(39)33-25-26-41-37(28-33)35-19-8-10-24-40(35)50-41/h1-28H. The quantitative estimate of drug-likeness (QED) is 0.185. The molecule has 0 atom stereocenters. The Morgan fingerprint density at radius 2 is 0.940 bits per heavy atom. The van der Waals surface area contributed by atoms with E-state index >= 15 is 0 Å². The third-order valence-corrected chi connectivity index (χ3v) is 10.6. The van der Waals surface area contributed by atoms with Crippen LogP contribution in [0.25, 0.3) is 93.0 Å². The Morgan fingerprint density at radius 1 is 0.380 bits per heavy atom. The molecule has 0 amide bonds. The van der Waals surface area contributed by atoms with Crippen molar-refractivity contribution in [3.63, 3.8) is 0 Å². The average Bonchev–Trinajstić information content (AvgIpc) is 3.74. The molecule has 10 rings (SSSR count). The molecule has 0 radical (unpaired) electrons. The van der Waals surface area contributed by atoms with E-state index in [0.29, 0.717) is 17.5 Å². The lowest BCUT2D eigenvalue weighted by atomic mass is 9.97. The van der Waals surface area contributed by atoms with Crippen molar-refractivity contribution in [2.45, 2.75) is 0 Å². The van der Waals surface area contributed by atoms with Crippen LogP contribution < -0.4 is 0 Å². The van der Waals surface area contributed by atoms with Crippen molar-refractivity contribution in [1.29, 1.82) is 0 Å². The van der Waals surface area contributed by atoms with Crippen molar-refractivity contribution in [3.8, 4) is 51.0 Å². The Hall–Kier alpha value is -6.43. The van der Waals surface area contributed by atoms with Gasteiger partial charge in [-0.15, -0.1) is 11.3 Å². The van der Waals surface area contributed by atoms with Gasteiger partial charge in [-0.05, 0) is 53.6 Å². The number of fused-ring (bicyclic) bond motifs is 6. The smallest absolute Gasteiger partial charge is 0.164 e. The maximum Gasteiger partial charge on any atom is 0.164 e. The van der Waals surface area contributed by atoms with E-state index < -0.39 is 0 Å². The number of aromatic nitrogens is 4. The first-order valence-electron chi connectivity index (χ1n) is 16.7. The molecule has 0 bridgehead atoms. The maximum atomic E-state index is 5.01. The first kappa shape index (κ1) is 28.6. The molecule has 0 N–H and O–H groups in total. The van der Waals surface area contributed by atoms with Crippen LogP contribution in [0, 0.1) is 0 Å². The van der Waals surface area contributed by atoms with Gasteiger partial charge in [-0.1, -0.05) is 127 Å². The summed E-state index contributed by atoms with van der Waals surface area (Å²) in [5, 5.41) is 5.04. The molecule has 7 aromatic carbocycles. The van der Waals surface area contributed by atoms with E-state index in [1.807, 2.05) is 72.0 Å². The van der Waals surface area contributed by atoms with Crippen LogP contribution in [0.5, 0.6) is 0 Å². The number of para-hydroxylation sites is 1. The molecule has 0 spiro atoms. The topological polar surface area (TPSA) is 43.6 Å². The second-order valence-electron chi connectivity index (χ2n) is 12.5.